The Kier molecular flexibility index (Phi) is 2.41. The van der Waals surface area contributed by atoms with Gasteiger partial charge < -0.3 is 5.32 Å². The van der Waals surface area contributed by atoms with Crippen molar-refractivity contribution in [3.8, 4) is 0 Å². The van der Waals surface area contributed by atoms with E-state index in [4.69, 9.17) is 11.6 Å². The lowest BCUT2D eigenvalue weighted by molar-refractivity contribution is 0.456. The molecule has 2 saturated heterocycles. The minimum Gasteiger partial charge on any atom is -0.308 e. The first-order chi connectivity index (χ1) is 7.78. The third kappa shape index (κ3) is 1.53. The average Bonchev–Trinajstić information content (AvgIpc) is 2.88. The van der Waals surface area contributed by atoms with Crippen LogP contribution < -0.4 is 5.32 Å². The van der Waals surface area contributed by atoms with Crippen LogP contribution in [-0.2, 0) is 0 Å². The molecule has 2 aliphatic heterocycles. The van der Waals surface area contributed by atoms with Gasteiger partial charge in [-0.25, -0.2) is 4.98 Å². The van der Waals surface area contributed by atoms with E-state index in [1.807, 2.05) is 18.3 Å². The van der Waals surface area contributed by atoms with Crippen LogP contribution in [0.25, 0.3) is 0 Å². The molecule has 4 unspecified atom stereocenters. The minimum atomic E-state index is -0.0403. The highest BCUT2D eigenvalue weighted by atomic mass is 35.5. The summed E-state index contributed by atoms with van der Waals surface area (Å²) >= 11 is 5.76. The molecule has 2 fully saturated rings. The third-order valence-electron chi connectivity index (χ3n) is 3.70. The molecule has 2 aliphatic rings. The first kappa shape index (κ1) is 10.2. The fraction of sp³-hybridized carbons (Fsp3) is 0.545. The van der Waals surface area contributed by atoms with Crippen LogP contribution >= 0.6 is 11.6 Å². The van der Waals surface area contributed by atoms with Crippen LogP contribution in [0.15, 0.2) is 23.5 Å². The Hall–Kier alpha value is -1.00. The molecule has 1 aromatic heterocycles. The summed E-state index contributed by atoms with van der Waals surface area (Å²) in [5.74, 6) is 0.452. The van der Waals surface area contributed by atoms with Crippen molar-refractivity contribution in [3.05, 3.63) is 34.0 Å². The van der Waals surface area contributed by atoms with Gasteiger partial charge in [-0.05, 0) is 24.5 Å². The number of rotatable bonds is 2. The topological polar surface area (TPSA) is 54.4 Å². The maximum Gasteiger partial charge on any atom is 0.129 e. The molecule has 5 heteroatoms. The van der Waals surface area contributed by atoms with Gasteiger partial charge in [0.15, 0.2) is 0 Å². The summed E-state index contributed by atoms with van der Waals surface area (Å²) in [6.45, 7) is 0. The second-order valence-electron chi connectivity index (χ2n) is 4.54. The second-order valence-corrected chi connectivity index (χ2v) is 4.93. The van der Waals surface area contributed by atoms with Gasteiger partial charge in [0.1, 0.15) is 11.2 Å². The van der Waals surface area contributed by atoms with Crippen LogP contribution in [0.4, 0.5) is 0 Å². The molecule has 0 aliphatic carbocycles. The number of nitrogens with one attached hydrogen (secondary N) is 1. The van der Waals surface area contributed by atoms with Crippen LogP contribution in [0.3, 0.4) is 0 Å². The molecule has 3 heterocycles. The van der Waals surface area contributed by atoms with E-state index in [0.717, 1.165) is 12.8 Å². The first-order valence-corrected chi connectivity index (χ1v) is 5.85. The average molecular weight is 238 g/mol. The molecule has 3 rings (SSSR count). The monoisotopic (exact) mass is 237 g/mol. The Bertz CT molecular complexity index is 408. The second kappa shape index (κ2) is 3.79. The number of hydrogen-bond acceptors (Lipinski definition) is 4. The predicted octanol–water partition coefficient (Wildman–Crippen LogP) is 2.09. The zero-order valence-electron chi connectivity index (χ0n) is 8.64. The summed E-state index contributed by atoms with van der Waals surface area (Å²) in [4.78, 5) is 14.7. The highest BCUT2D eigenvalue weighted by Crippen LogP contribution is 2.41. The van der Waals surface area contributed by atoms with Crippen molar-refractivity contribution >= 4 is 11.6 Å². The van der Waals surface area contributed by atoms with Crippen molar-refractivity contribution in [1.82, 2.24) is 10.3 Å². The van der Waals surface area contributed by atoms with Gasteiger partial charge in [-0.15, -0.1) is 0 Å². The normalized spacial score (nSPS) is 36.6. The van der Waals surface area contributed by atoms with E-state index in [2.05, 4.69) is 15.5 Å². The van der Waals surface area contributed by atoms with Crippen molar-refractivity contribution < 1.29 is 0 Å². The highest BCUT2D eigenvalue weighted by molar-refractivity contribution is 6.29. The molecule has 0 amide bonds. The molecule has 0 aromatic carbocycles. The Balaban J connectivity index is 1.80. The molecule has 0 spiro atoms. The van der Waals surface area contributed by atoms with Gasteiger partial charge in [-0.1, -0.05) is 22.8 Å². The molecule has 84 valence electrons. The number of halogens is 1. The van der Waals surface area contributed by atoms with Crippen molar-refractivity contribution in [1.29, 1.82) is 0 Å². The van der Waals surface area contributed by atoms with E-state index in [9.17, 15) is 4.91 Å². The molecule has 1 N–H and O–H groups in total. The summed E-state index contributed by atoms with van der Waals surface area (Å²) in [6.07, 6.45) is 3.66. The van der Waals surface area contributed by atoms with Gasteiger partial charge >= 0.3 is 0 Å². The molecular weight excluding hydrogens is 226 g/mol. The summed E-state index contributed by atoms with van der Waals surface area (Å²) in [6, 6.07) is 4.42. The standard InChI is InChI=1S/C11H12ClN3O/c12-11-2-1-6(5-13-11)7-3-9-10(15-16)4-8(7)14-9/h1-2,5,7-10,14H,3-4H2. The van der Waals surface area contributed by atoms with Gasteiger partial charge in [-0.2, -0.15) is 4.91 Å². The van der Waals surface area contributed by atoms with Gasteiger partial charge in [0.05, 0.1) is 0 Å². The largest absolute Gasteiger partial charge is 0.308 e. The zero-order chi connectivity index (χ0) is 11.1. The van der Waals surface area contributed by atoms with E-state index in [0.29, 0.717) is 17.1 Å². The van der Waals surface area contributed by atoms with E-state index in [1.54, 1.807) is 0 Å². The minimum absolute atomic E-state index is 0.0403. The molecule has 16 heavy (non-hydrogen) atoms. The fourth-order valence-corrected chi connectivity index (χ4v) is 3.03. The summed E-state index contributed by atoms with van der Waals surface area (Å²) < 4.78 is 0. The van der Waals surface area contributed by atoms with Gasteiger partial charge in [0.2, 0.25) is 0 Å². The van der Waals surface area contributed by atoms with Crippen LogP contribution in [0.5, 0.6) is 0 Å². The molecule has 4 atom stereocenters. The Labute approximate surface area is 98.4 Å². The van der Waals surface area contributed by atoms with Crippen LogP contribution in [0.1, 0.15) is 24.3 Å². The lowest BCUT2D eigenvalue weighted by atomic mass is 9.82. The smallest absolute Gasteiger partial charge is 0.129 e. The summed E-state index contributed by atoms with van der Waals surface area (Å²) in [5.41, 5.74) is 1.20. The van der Waals surface area contributed by atoms with Crippen LogP contribution in [-0.4, -0.2) is 23.1 Å². The van der Waals surface area contributed by atoms with E-state index in [-0.39, 0.29) is 12.1 Å². The molecule has 1 aromatic rings. The van der Waals surface area contributed by atoms with E-state index >= 15 is 0 Å². The van der Waals surface area contributed by atoms with Crippen molar-refractivity contribution in [2.45, 2.75) is 36.9 Å². The van der Waals surface area contributed by atoms with Crippen LogP contribution in [0, 0.1) is 4.91 Å². The first-order valence-electron chi connectivity index (χ1n) is 5.48. The van der Waals surface area contributed by atoms with E-state index in [1.165, 1.54) is 5.56 Å². The van der Waals surface area contributed by atoms with Crippen molar-refractivity contribution in [2.24, 2.45) is 5.18 Å². The Morgan fingerprint density at radius 2 is 2.25 bits per heavy atom. The lowest BCUT2D eigenvalue weighted by Gasteiger charge is -2.22. The third-order valence-corrected chi connectivity index (χ3v) is 3.92. The fourth-order valence-electron chi connectivity index (χ4n) is 2.91. The van der Waals surface area contributed by atoms with E-state index < -0.39 is 0 Å². The number of nitroso groups, excluding NO2 is 1. The number of aromatic nitrogens is 1. The SMILES string of the molecule is O=NC1CC2NC1CC2c1ccc(Cl)nc1. The molecule has 0 saturated carbocycles. The zero-order valence-corrected chi connectivity index (χ0v) is 9.39. The Morgan fingerprint density at radius 3 is 2.81 bits per heavy atom. The number of fused-ring (bicyclic) bond motifs is 2. The maximum atomic E-state index is 10.6. The van der Waals surface area contributed by atoms with Gasteiger partial charge in [0.25, 0.3) is 0 Å². The van der Waals surface area contributed by atoms with Gasteiger partial charge in [-0.3, -0.25) is 0 Å². The van der Waals surface area contributed by atoms with Crippen LogP contribution in [0.2, 0.25) is 5.15 Å². The summed E-state index contributed by atoms with van der Waals surface area (Å²) in [5, 5.41) is 7.12. The van der Waals surface area contributed by atoms with Crippen molar-refractivity contribution in [2.75, 3.05) is 0 Å². The predicted molar refractivity (Wildman–Crippen MR) is 61.5 cm³/mol. The van der Waals surface area contributed by atoms with Gasteiger partial charge in [0, 0.05) is 24.2 Å². The number of nitrogens with zero attached hydrogens (tertiary/aromatic N) is 2. The molecule has 4 nitrogen and oxygen atoms in total. The molecular formula is C11H12ClN3O. The molecule has 2 bridgehead atoms. The highest BCUT2D eigenvalue weighted by Gasteiger charge is 2.46. The Morgan fingerprint density at radius 1 is 1.38 bits per heavy atom. The lowest BCUT2D eigenvalue weighted by Crippen LogP contribution is -2.25. The number of pyridine rings is 1. The summed E-state index contributed by atoms with van der Waals surface area (Å²) in [7, 11) is 0. The quantitative estimate of drug-likeness (QED) is 0.633. The maximum absolute atomic E-state index is 10.6. The number of hydrogen-bond donors (Lipinski definition) is 1. The molecule has 0 radical (unpaired) electrons. The van der Waals surface area contributed by atoms with Crippen molar-refractivity contribution in [3.63, 3.8) is 0 Å².